The van der Waals surface area contributed by atoms with Crippen molar-refractivity contribution >= 4 is 45.8 Å². The molecule has 0 saturated carbocycles. The first-order chi connectivity index (χ1) is 10.4. The van der Waals surface area contributed by atoms with Gasteiger partial charge in [-0.05, 0) is 30.0 Å². The lowest BCUT2D eigenvalue weighted by atomic mass is 10.0. The predicted octanol–water partition coefficient (Wildman–Crippen LogP) is 3.39. The largest absolute Gasteiger partial charge is 0.325 e. The minimum atomic E-state index is -0.231. The van der Waals surface area contributed by atoms with Gasteiger partial charge in [-0.3, -0.25) is 14.5 Å². The van der Waals surface area contributed by atoms with Gasteiger partial charge in [-0.1, -0.05) is 56.9 Å². The minimum absolute atomic E-state index is 0.0207. The normalized spacial score (nSPS) is 18.2. The Hall–Kier alpha value is -1.40. The van der Waals surface area contributed by atoms with Gasteiger partial charge in [0.2, 0.25) is 11.8 Å². The van der Waals surface area contributed by atoms with Crippen molar-refractivity contribution in [1.29, 1.82) is 0 Å². The van der Waals surface area contributed by atoms with Gasteiger partial charge in [0.15, 0.2) is 0 Å². The highest BCUT2D eigenvalue weighted by Gasteiger charge is 2.36. The van der Waals surface area contributed by atoms with Gasteiger partial charge in [0, 0.05) is 5.69 Å². The number of amides is 2. The number of thiocarbonyl (C=S) groups is 1. The smallest absolute Gasteiger partial charge is 0.244 e. The second-order valence-electron chi connectivity index (χ2n) is 5.53. The van der Waals surface area contributed by atoms with Crippen LogP contribution < -0.4 is 5.32 Å². The molecule has 22 heavy (non-hydrogen) atoms. The fourth-order valence-corrected chi connectivity index (χ4v) is 3.62. The van der Waals surface area contributed by atoms with Crippen LogP contribution >= 0.6 is 24.0 Å². The van der Waals surface area contributed by atoms with Crippen LogP contribution in [0.5, 0.6) is 0 Å². The van der Waals surface area contributed by atoms with E-state index in [0.717, 1.165) is 12.1 Å². The first-order valence-electron chi connectivity index (χ1n) is 7.34. The number of benzene rings is 1. The number of anilines is 1. The van der Waals surface area contributed by atoms with Crippen LogP contribution in [0.15, 0.2) is 24.3 Å². The molecule has 0 radical (unpaired) electrons. The lowest BCUT2D eigenvalue weighted by molar-refractivity contribution is -0.129. The van der Waals surface area contributed by atoms with E-state index in [4.69, 9.17) is 12.2 Å². The van der Waals surface area contributed by atoms with E-state index < -0.39 is 0 Å². The fourth-order valence-electron chi connectivity index (χ4n) is 2.20. The molecule has 0 aliphatic carbocycles. The number of nitrogens with zero attached hydrogens (tertiary/aromatic N) is 1. The zero-order chi connectivity index (χ0) is 16.3. The second kappa shape index (κ2) is 7.24. The number of carbonyl (C=O) groups is 2. The van der Waals surface area contributed by atoms with Crippen molar-refractivity contribution in [3.8, 4) is 0 Å². The first-order valence-corrected chi connectivity index (χ1v) is 8.63. The van der Waals surface area contributed by atoms with Crippen LogP contribution in [0.3, 0.4) is 0 Å². The van der Waals surface area contributed by atoms with Gasteiger partial charge in [0.05, 0.1) is 5.25 Å². The SMILES string of the molecule is CCC1SC(=S)N(CC(=O)Nc2ccc(C(C)C)cc2)C1=O. The predicted molar refractivity (Wildman–Crippen MR) is 95.1 cm³/mol. The quantitative estimate of drug-likeness (QED) is 0.838. The summed E-state index contributed by atoms with van der Waals surface area (Å²) in [5.74, 6) is 0.153. The topological polar surface area (TPSA) is 49.4 Å². The third kappa shape index (κ3) is 3.87. The van der Waals surface area contributed by atoms with E-state index in [1.54, 1.807) is 0 Å². The molecular formula is C16H20N2O2S2. The van der Waals surface area contributed by atoms with E-state index >= 15 is 0 Å². The molecule has 1 saturated heterocycles. The zero-order valence-electron chi connectivity index (χ0n) is 13.0. The molecule has 0 bridgehead atoms. The number of hydrogen-bond donors (Lipinski definition) is 1. The Balaban J connectivity index is 1.95. The fraction of sp³-hybridized carbons (Fsp3) is 0.438. The van der Waals surface area contributed by atoms with Gasteiger partial charge in [0.25, 0.3) is 0 Å². The summed E-state index contributed by atoms with van der Waals surface area (Å²) >= 11 is 6.54. The Labute approximate surface area is 140 Å². The summed E-state index contributed by atoms with van der Waals surface area (Å²) in [7, 11) is 0. The Morgan fingerprint density at radius 1 is 1.36 bits per heavy atom. The van der Waals surface area contributed by atoms with Gasteiger partial charge >= 0.3 is 0 Å². The molecule has 1 heterocycles. The highest BCUT2D eigenvalue weighted by molar-refractivity contribution is 8.24. The Morgan fingerprint density at radius 3 is 2.50 bits per heavy atom. The molecule has 0 aromatic heterocycles. The van der Waals surface area contributed by atoms with E-state index in [1.165, 1.54) is 22.2 Å². The van der Waals surface area contributed by atoms with Gasteiger partial charge < -0.3 is 5.32 Å². The number of carbonyl (C=O) groups excluding carboxylic acids is 2. The van der Waals surface area contributed by atoms with Crippen molar-refractivity contribution < 1.29 is 9.59 Å². The van der Waals surface area contributed by atoms with E-state index in [-0.39, 0.29) is 23.6 Å². The maximum atomic E-state index is 12.1. The number of thioether (sulfide) groups is 1. The summed E-state index contributed by atoms with van der Waals surface area (Å²) in [5, 5.41) is 2.66. The molecule has 1 unspecified atom stereocenters. The Bertz CT molecular complexity index is 584. The molecule has 2 amide bonds. The van der Waals surface area contributed by atoms with Crippen molar-refractivity contribution in [3.63, 3.8) is 0 Å². The summed E-state index contributed by atoms with van der Waals surface area (Å²) in [6, 6.07) is 7.74. The molecule has 6 heteroatoms. The van der Waals surface area contributed by atoms with Crippen LogP contribution in [0.25, 0.3) is 0 Å². The van der Waals surface area contributed by atoms with Gasteiger partial charge in [0.1, 0.15) is 10.9 Å². The molecule has 1 fully saturated rings. The van der Waals surface area contributed by atoms with E-state index in [9.17, 15) is 9.59 Å². The van der Waals surface area contributed by atoms with Crippen LogP contribution in [0.2, 0.25) is 0 Å². The van der Waals surface area contributed by atoms with Crippen LogP contribution in [0.4, 0.5) is 5.69 Å². The van der Waals surface area contributed by atoms with E-state index in [0.29, 0.717) is 10.2 Å². The standard InChI is InChI=1S/C16H20N2O2S2/c1-4-13-15(20)18(16(21)22-13)9-14(19)17-12-7-5-11(6-8-12)10(2)3/h5-8,10,13H,4,9H2,1-3H3,(H,17,19). The molecule has 118 valence electrons. The van der Waals surface area contributed by atoms with E-state index in [2.05, 4.69) is 19.2 Å². The average molecular weight is 336 g/mol. The van der Waals surface area contributed by atoms with E-state index in [1.807, 2.05) is 31.2 Å². The van der Waals surface area contributed by atoms with Gasteiger partial charge in [-0.2, -0.15) is 0 Å². The Kier molecular flexibility index (Phi) is 5.58. The summed E-state index contributed by atoms with van der Waals surface area (Å²) < 4.78 is 0.488. The highest BCUT2D eigenvalue weighted by atomic mass is 32.2. The minimum Gasteiger partial charge on any atom is -0.325 e. The van der Waals surface area contributed by atoms with Crippen molar-refractivity contribution in [2.24, 2.45) is 0 Å². The second-order valence-corrected chi connectivity index (χ2v) is 7.37. The molecule has 4 nitrogen and oxygen atoms in total. The summed E-state index contributed by atoms with van der Waals surface area (Å²) in [5.41, 5.74) is 1.95. The van der Waals surface area contributed by atoms with Crippen molar-refractivity contribution in [2.75, 3.05) is 11.9 Å². The number of rotatable bonds is 5. The van der Waals surface area contributed by atoms with Crippen LogP contribution in [-0.4, -0.2) is 32.8 Å². The maximum Gasteiger partial charge on any atom is 0.244 e. The maximum absolute atomic E-state index is 12.1. The lowest BCUT2D eigenvalue weighted by Crippen LogP contribution is -2.38. The van der Waals surface area contributed by atoms with Crippen LogP contribution in [-0.2, 0) is 9.59 Å². The molecule has 1 N–H and O–H groups in total. The van der Waals surface area contributed by atoms with Crippen LogP contribution in [0.1, 0.15) is 38.7 Å². The molecule has 1 aromatic carbocycles. The highest BCUT2D eigenvalue weighted by Crippen LogP contribution is 2.29. The van der Waals surface area contributed by atoms with Crippen molar-refractivity contribution in [3.05, 3.63) is 29.8 Å². The summed E-state index contributed by atoms with van der Waals surface area (Å²) in [6.45, 7) is 6.16. The van der Waals surface area contributed by atoms with Crippen LogP contribution in [0, 0.1) is 0 Å². The number of hydrogen-bond acceptors (Lipinski definition) is 4. The molecule has 2 rings (SSSR count). The molecule has 1 aliphatic rings. The van der Waals surface area contributed by atoms with Crippen molar-refractivity contribution in [2.45, 2.75) is 38.4 Å². The monoisotopic (exact) mass is 336 g/mol. The molecule has 1 aliphatic heterocycles. The molecule has 1 atom stereocenters. The van der Waals surface area contributed by atoms with Gasteiger partial charge in [-0.25, -0.2) is 0 Å². The molecule has 1 aromatic rings. The van der Waals surface area contributed by atoms with Gasteiger partial charge in [-0.15, -0.1) is 0 Å². The average Bonchev–Trinajstić information content (AvgIpc) is 2.75. The molecular weight excluding hydrogens is 316 g/mol. The first kappa shape index (κ1) is 17.0. The summed E-state index contributed by atoms with van der Waals surface area (Å²) in [4.78, 5) is 25.6. The molecule has 0 spiro atoms. The summed E-state index contributed by atoms with van der Waals surface area (Å²) in [6.07, 6.45) is 0.721. The van der Waals surface area contributed by atoms with Crippen molar-refractivity contribution in [1.82, 2.24) is 4.90 Å². The number of nitrogens with one attached hydrogen (secondary N) is 1. The third-order valence-corrected chi connectivity index (χ3v) is 5.29. The lowest BCUT2D eigenvalue weighted by Gasteiger charge is -2.15. The third-order valence-electron chi connectivity index (χ3n) is 3.54. The zero-order valence-corrected chi connectivity index (χ0v) is 14.6. The Morgan fingerprint density at radius 2 is 2.00 bits per heavy atom.